The monoisotopic (exact) mass is 360 g/mol. The van der Waals surface area contributed by atoms with Crippen molar-refractivity contribution in [2.24, 2.45) is 5.41 Å². The minimum atomic E-state index is -0.526. The standard InChI is InChI=1S/C18H20N2O4S/c1-5-12-7-6-11(8-13(12)20(23)24)9-14-17(22)19-16(25-14)10-15(21)18(2,3)4/h6-10H,5H2,1-4H3,(H,19,22)/b14-9+,16-10+. The Morgan fingerprint density at radius 2 is 2.04 bits per heavy atom. The summed E-state index contributed by atoms with van der Waals surface area (Å²) in [7, 11) is 0. The topological polar surface area (TPSA) is 93.1 Å². The van der Waals surface area contributed by atoms with Crippen molar-refractivity contribution in [3.05, 3.63) is 59.0 Å². The van der Waals surface area contributed by atoms with Gasteiger partial charge in [0.2, 0.25) is 0 Å². The number of aromatic amines is 1. The summed E-state index contributed by atoms with van der Waals surface area (Å²) in [6.07, 6.45) is 3.57. The van der Waals surface area contributed by atoms with E-state index in [0.717, 1.165) is 11.3 Å². The average Bonchev–Trinajstić information content (AvgIpc) is 2.85. The van der Waals surface area contributed by atoms with Crippen LogP contribution in [0.5, 0.6) is 0 Å². The smallest absolute Gasteiger partial charge is 0.273 e. The van der Waals surface area contributed by atoms with Gasteiger partial charge in [-0.1, -0.05) is 39.8 Å². The second-order valence-electron chi connectivity index (χ2n) is 6.69. The molecule has 0 aliphatic rings. The number of carbonyl (C=O) groups excluding carboxylic acids is 1. The zero-order chi connectivity index (χ0) is 18.8. The highest BCUT2D eigenvalue weighted by Crippen LogP contribution is 2.21. The highest BCUT2D eigenvalue weighted by atomic mass is 32.1. The first-order valence-electron chi connectivity index (χ1n) is 7.86. The second-order valence-corrected chi connectivity index (χ2v) is 7.77. The summed E-state index contributed by atoms with van der Waals surface area (Å²) in [5.74, 6) is -0.0838. The van der Waals surface area contributed by atoms with E-state index < -0.39 is 10.3 Å². The van der Waals surface area contributed by atoms with E-state index in [1.165, 1.54) is 12.1 Å². The third kappa shape index (κ3) is 4.51. The van der Waals surface area contributed by atoms with E-state index in [4.69, 9.17) is 0 Å². The van der Waals surface area contributed by atoms with Crippen molar-refractivity contribution in [3.8, 4) is 0 Å². The lowest BCUT2D eigenvalue weighted by molar-refractivity contribution is -0.385. The van der Waals surface area contributed by atoms with Gasteiger partial charge in [-0.3, -0.25) is 19.7 Å². The van der Waals surface area contributed by atoms with Crippen molar-refractivity contribution >= 4 is 35.0 Å². The van der Waals surface area contributed by atoms with Gasteiger partial charge in [0.15, 0.2) is 5.78 Å². The van der Waals surface area contributed by atoms with Gasteiger partial charge in [0.1, 0.15) is 0 Å². The average molecular weight is 360 g/mol. The van der Waals surface area contributed by atoms with Crippen molar-refractivity contribution in [2.45, 2.75) is 34.1 Å². The van der Waals surface area contributed by atoms with E-state index in [9.17, 15) is 19.7 Å². The number of nitro benzene ring substituents is 1. The van der Waals surface area contributed by atoms with Gasteiger partial charge in [-0.05, 0) is 18.1 Å². The quantitative estimate of drug-likeness (QED) is 0.668. The Labute approximate surface area is 148 Å². The lowest BCUT2D eigenvalue weighted by Crippen LogP contribution is -2.22. The minimum Gasteiger partial charge on any atom is -0.313 e. The molecular formula is C18H20N2O4S. The molecule has 0 aliphatic carbocycles. The van der Waals surface area contributed by atoms with Gasteiger partial charge >= 0.3 is 0 Å². The third-order valence-electron chi connectivity index (χ3n) is 3.67. The lowest BCUT2D eigenvalue weighted by Gasteiger charge is -2.12. The highest BCUT2D eigenvalue weighted by molar-refractivity contribution is 7.07. The fourth-order valence-corrected chi connectivity index (χ4v) is 3.04. The number of aryl methyl sites for hydroxylation is 1. The first kappa shape index (κ1) is 18.8. The van der Waals surface area contributed by atoms with E-state index >= 15 is 0 Å². The van der Waals surface area contributed by atoms with E-state index in [2.05, 4.69) is 4.98 Å². The first-order valence-corrected chi connectivity index (χ1v) is 8.68. The largest absolute Gasteiger partial charge is 0.313 e. The van der Waals surface area contributed by atoms with Gasteiger partial charge in [0.05, 0.1) is 14.1 Å². The van der Waals surface area contributed by atoms with Crippen LogP contribution < -0.4 is 14.8 Å². The Balaban J connectivity index is 2.52. The number of hydrogen-bond acceptors (Lipinski definition) is 5. The van der Waals surface area contributed by atoms with Gasteiger partial charge in [-0.25, -0.2) is 0 Å². The van der Waals surface area contributed by atoms with Crippen molar-refractivity contribution in [2.75, 3.05) is 0 Å². The van der Waals surface area contributed by atoms with Gasteiger partial charge in [0, 0.05) is 23.1 Å². The fourth-order valence-electron chi connectivity index (χ4n) is 2.15. The van der Waals surface area contributed by atoms with Gasteiger partial charge < -0.3 is 4.98 Å². The van der Waals surface area contributed by atoms with Gasteiger partial charge in [0.25, 0.3) is 11.2 Å². The van der Waals surface area contributed by atoms with E-state index in [0.29, 0.717) is 26.7 Å². The maximum absolute atomic E-state index is 12.1. The zero-order valence-corrected chi connectivity index (χ0v) is 15.4. The summed E-state index contributed by atoms with van der Waals surface area (Å²) in [6, 6.07) is 4.90. The number of rotatable bonds is 4. The number of carbonyl (C=O) groups is 1. The SMILES string of the molecule is CCc1ccc(/C=c2/s/c(=C/C(=O)C(C)(C)C)[nH]c2=O)cc1[N+](=O)[O-]. The zero-order valence-electron chi connectivity index (χ0n) is 14.6. The van der Waals surface area contributed by atoms with E-state index in [1.807, 2.05) is 6.92 Å². The number of aromatic nitrogens is 1. The molecule has 25 heavy (non-hydrogen) atoms. The molecule has 0 amide bonds. The van der Waals surface area contributed by atoms with Crippen molar-refractivity contribution in [1.29, 1.82) is 0 Å². The molecule has 2 rings (SSSR count). The van der Waals surface area contributed by atoms with Crippen LogP contribution in [0.1, 0.15) is 38.8 Å². The fraction of sp³-hybridized carbons (Fsp3) is 0.333. The molecule has 6 nitrogen and oxygen atoms in total. The molecule has 1 heterocycles. The lowest BCUT2D eigenvalue weighted by atomic mass is 9.91. The second kappa shape index (κ2) is 7.14. The molecule has 0 unspecified atom stereocenters. The van der Waals surface area contributed by atoms with Crippen LogP contribution in [0.25, 0.3) is 12.2 Å². The molecule has 0 radical (unpaired) electrons. The number of hydrogen-bond donors (Lipinski definition) is 1. The van der Waals surface area contributed by atoms with Crippen LogP contribution in [0.15, 0.2) is 23.0 Å². The predicted octanol–water partition coefficient (Wildman–Crippen LogP) is 2.13. The van der Waals surface area contributed by atoms with Crippen LogP contribution in [-0.4, -0.2) is 15.7 Å². The summed E-state index contributed by atoms with van der Waals surface area (Å²) in [4.78, 5) is 37.5. The molecule has 1 N–H and O–H groups in total. The van der Waals surface area contributed by atoms with Crippen LogP contribution in [0.2, 0.25) is 0 Å². The maximum atomic E-state index is 12.1. The van der Waals surface area contributed by atoms with Crippen LogP contribution in [0.4, 0.5) is 5.69 Å². The van der Waals surface area contributed by atoms with Crippen LogP contribution in [0.3, 0.4) is 0 Å². The number of thiazole rings is 1. The van der Waals surface area contributed by atoms with Crippen LogP contribution in [0, 0.1) is 15.5 Å². The van der Waals surface area contributed by atoms with Crippen molar-refractivity contribution in [3.63, 3.8) is 0 Å². The number of nitro groups is 1. The number of Topliss-reactive ketones (excluding diaryl/α,β-unsaturated/α-hetero) is 1. The first-order chi connectivity index (χ1) is 11.6. The molecule has 0 saturated heterocycles. The maximum Gasteiger partial charge on any atom is 0.273 e. The van der Waals surface area contributed by atoms with E-state index in [-0.39, 0.29) is 17.0 Å². The van der Waals surface area contributed by atoms with Crippen molar-refractivity contribution in [1.82, 2.24) is 4.98 Å². The van der Waals surface area contributed by atoms with Gasteiger partial charge in [-0.15, -0.1) is 11.3 Å². The molecule has 0 aliphatic heterocycles. The number of ketones is 1. The molecular weight excluding hydrogens is 340 g/mol. The summed E-state index contributed by atoms with van der Waals surface area (Å²) in [5.41, 5.74) is 0.414. The Morgan fingerprint density at radius 3 is 2.60 bits per heavy atom. The molecule has 2 aromatic rings. The highest BCUT2D eigenvalue weighted by Gasteiger charge is 2.18. The third-order valence-corrected chi connectivity index (χ3v) is 4.63. The number of nitrogens with zero attached hydrogens (tertiary/aromatic N) is 1. The molecule has 0 fully saturated rings. The minimum absolute atomic E-state index is 0.0407. The van der Waals surface area contributed by atoms with Crippen molar-refractivity contribution < 1.29 is 9.72 Å². The molecule has 0 bridgehead atoms. The normalized spacial score (nSPS) is 13.3. The Hall–Kier alpha value is -2.54. The Morgan fingerprint density at radius 1 is 1.36 bits per heavy atom. The van der Waals surface area contributed by atoms with Crippen LogP contribution in [-0.2, 0) is 11.2 Å². The molecule has 0 atom stereocenters. The molecule has 1 aromatic carbocycles. The predicted molar refractivity (Wildman–Crippen MR) is 99.2 cm³/mol. The Kier molecular flexibility index (Phi) is 5.37. The summed E-state index contributed by atoms with van der Waals surface area (Å²) >= 11 is 1.15. The number of nitrogens with one attached hydrogen (secondary N) is 1. The molecule has 0 saturated carbocycles. The number of H-pyrrole nitrogens is 1. The number of benzene rings is 1. The Bertz CT molecular complexity index is 993. The summed E-state index contributed by atoms with van der Waals surface area (Å²) in [6.45, 7) is 7.26. The molecule has 0 spiro atoms. The summed E-state index contributed by atoms with van der Waals surface area (Å²) in [5, 5.41) is 11.2. The molecule has 7 heteroatoms. The van der Waals surface area contributed by atoms with Crippen LogP contribution >= 0.6 is 11.3 Å². The summed E-state index contributed by atoms with van der Waals surface area (Å²) < 4.78 is 0.863. The van der Waals surface area contributed by atoms with Gasteiger partial charge in [-0.2, -0.15) is 0 Å². The molecule has 1 aromatic heterocycles. The molecule has 132 valence electrons. The van der Waals surface area contributed by atoms with E-state index in [1.54, 1.807) is 39.0 Å².